The first-order valence-electron chi connectivity index (χ1n) is 11.2. The summed E-state index contributed by atoms with van der Waals surface area (Å²) in [5.41, 5.74) is 3.29. The predicted molar refractivity (Wildman–Crippen MR) is 130 cm³/mol. The van der Waals surface area contributed by atoms with Crippen molar-refractivity contribution >= 4 is 28.9 Å². The monoisotopic (exact) mass is 464 g/mol. The Kier molecular flexibility index (Phi) is 7.08. The molecule has 2 heterocycles. The smallest absolute Gasteiger partial charge is 0.326 e. The van der Waals surface area contributed by atoms with Crippen LogP contribution in [-0.4, -0.2) is 36.1 Å². The fraction of sp³-hybridized carbons (Fsp3) is 0.346. The molecular weight excluding hydrogens is 436 g/mol. The first-order valence-corrected chi connectivity index (χ1v) is 12.1. The number of aromatic nitrogens is 1. The number of carbonyl (C=O) groups excluding carboxylic acids is 2. The summed E-state index contributed by atoms with van der Waals surface area (Å²) in [5, 5.41) is 2.92. The third-order valence-electron chi connectivity index (χ3n) is 5.50. The summed E-state index contributed by atoms with van der Waals surface area (Å²) in [6.45, 7) is 6.25. The summed E-state index contributed by atoms with van der Waals surface area (Å²) >= 11 is 1.57. The van der Waals surface area contributed by atoms with Crippen LogP contribution in [0.2, 0.25) is 0 Å². The van der Waals surface area contributed by atoms with Gasteiger partial charge in [-0.1, -0.05) is 51.1 Å². The molecule has 33 heavy (non-hydrogen) atoms. The van der Waals surface area contributed by atoms with Gasteiger partial charge in [0.1, 0.15) is 17.3 Å². The maximum atomic E-state index is 13.1. The van der Waals surface area contributed by atoms with Crippen molar-refractivity contribution < 1.29 is 19.1 Å². The first-order chi connectivity index (χ1) is 16.0. The molecule has 0 radical (unpaired) electrons. The largest absolute Gasteiger partial charge is 0.478 e. The molecule has 4 rings (SSSR count). The van der Waals surface area contributed by atoms with Crippen LogP contribution in [0.1, 0.15) is 33.6 Å². The van der Waals surface area contributed by atoms with E-state index in [0.717, 1.165) is 28.2 Å². The van der Waals surface area contributed by atoms with Crippen LogP contribution in [0, 0.1) is 5.92 Å². The Morgan fingerprint density at radius 3 is 2.70 bits per heavy atom. The Hall–Kier alpha value is -3.19. The Labute approximate surface area is 198 Å². The lowest BCUT2D eigenvalue weighted by atomic mass is 10.1. The molecule has 0 fully saturated rings. The molecule has 1 aromatic heterocycles. The van der Waals surface area contributed by atoms with Crippen molar-refractivity contribution in [3.63, 3.8) is 0 Å². The van der Waals surface area contributed by atoms with Gasteiger partial charge in [0.25, 0.3) is 5.91 Å². The molecule has 1 unspecified atom stereocenters. The third-order valence-corrected chi connectivity index (χ3v) is 6.39. The maximum absolute atomic E-state index is 13.1. The van der Waals surface area contributed by atoms with Gasteiger partial charge in [0.2, 0.25) is 0 Å². The third kappa shape index (κ3) is 5.25. The lowest BCUT2D eigenvalue weighted by Crippen LogP contribution is -2.48. The van der Waals surface area contributed by atoms with Crippen LogP contribution in [0.25, 0.3) is 21.8 Å². The van der Waals surface area contributed by atoms with E-state index < -0.39 is 12.1 Å². The molecule has 0 aliphatic carbocycles. The fourth-order valence-electron chi connectivity index (χ4n) is 3.61. The zero-order valence-corrected chi connectivity index (χ0v) is 19.9. The molecule has 1 aliphatic rings. The molecular formula is C26H28N2O4S. The zero-order valence-electron chi connectivity index (χ0n) is 19.1. The van der Waals surface area contributed by atoms with E-state index in [1.54, 1.807) is 11.3 Å². The minimum absolute atomic E-state index is 0.139. The lowest BCUT2D eigenvalue weighted by molar-refractivity contribution is -0.143. The Balaban J connectivity index is 1.60. The van der Waals surface area contributed by atoms with Gasteiger partial charge in [-0.2, -0.15) is 0 Å². The molecule has 3 aromatic rings. The van der Waals surface area contributed by atoms with Crippen molar-refractivity contribution in [2.24, 2.45) is 5.92 Å². The number of fused-ring (bicyclic) bond motifs is 1. The Morgan fingerprint density at radius 2 is 1.97 bits per heavy atom. The highest BCUT2D eigenvalue weighted by molar-refractivity contribution is 7.13. The highest BCUT2D eigenvalue weighted by Crippen LogP contribution is 2.39. The fourth-order valence-corrected chi connectivity index (χ4v) is 4.44. The second kappa shape index (κ2) is 10.2. The van der Waals surface area contributed by atoms with Crippen molar-refractivity contribution in [2.45, 2.75) is 39.7 Å². The van der Waals surface area contributed by atoms with Gasteiger partial charge in [-0.05, 0) is 37.0 Å². The Bertz CT molecular complexity index is 1130. The average molecular weight is 465 g/mol. The van der Waals surface area contributed by atoms with Crippen molar-refractivity contribution in [1.82, 2.24) is 4.98 Å². The van der Waals surface area contributed by atoms with Crippen molar-refractivity contribution in [1.29, 1.82) is 0 Å². The highest BCUT2D eigenvalue weighted by atomic mass is 32.1. The minimum Gasteiger partial charge on any atom is -0.478 e. The summed E-state index contributed by atoms with van der Waals surface area (Å²) in [7, 11) is 0. The van der Waals surface area contributed by atoms with Crippen LogP contribution in [0.3, 0.4) is 0 Å². The number of anilines is 1. The first kappa shape index (κ1) is 23.0. The van der Waals surface area contributed by atoms with Crippen LogP contribution in [-0.2, 0) is 14.3 Å². The van der Waals surface area contributed by atoms with E-state index in [9.17, 15) is 9.59 Å². The van der Waals surface area contributed by atoms with E-state index in [2.05, 4.69) is 13.8 Å². The van der Waals surface area contributed by atoms with Crippen LogP contribution in [0.5, 0.6) is 5.75 Å². The molecule has 0 saturated carbocycles. The average Bonchev–Trinajstić information content (AvgIpc) is 3.31. The molecule has 0 saturated heterocycles. The number of ether oxygens (including phenoxy) is 2. The molecule has 0 spiro atoms. The van der Waals surface area contributed by atoms with E-state index in [0.29, 0.717) is 30.4 Å². The summed E-state index contributed by atoms with van der Waals surface area (Å²) in [5.74, 6) is 0.372. The van der Waals surface area contributed by atoms with Crippen LogP contribution >= 0.6 is 11.3 Å². The van der Waals surface area contributed by atoms with Gasteiger partial charge in [-0.3, -0.25) is 14.5 Å². The van der Waals surface area contributed by atoms with Crippen LogP contribution < -0.4 is 9.64 Å². The van der Waals surface area contributed by atoms with Gasteiger partial charge in [0.15, 0.2) is 6.10 Å². The van der Waals surface area contributed by atoms with Crippen LogP contribution in [0.15, 0.2) is 53.9 Å². The second-order valence-corrected chi connectivity index (χ2v) is 9.29. The lowest BCUT2D eigenvalue weighted by Gasteiger charge is -2.33. The number of rotatable bonds is 8. The number of hydrogen-bond acceptors (Lipinski definition) is 6. The predicted octanol–water partition coefficient (Wildman–Crippen LogP) is 5.57. The SMILES string of the molecule is CCC1Oc2ccc(-c3csc(-c4ccccc4)n3)cc2N(CC(=O)OCCC(C)C)C1=O. The van der Waals surface area contributed by atoms with Gasteiger partial charge >= 0.3 is 5.97 Å². The van der Waals surface area contributed by atoms with Crippen LogP contribution in [0.4, 0.5) is 5.69 Å². The summed E-state index contributed by atoms with van der Waals surface area (Å²) in [4.78, 5) is 31.8. The normalized spacial score (nSPS) is 15.3. The molecule has 172 valence electrons. The number of hydrogen-bond donors (Lipinski definition) is 0. The Morgan fingerprint density at radius 1 is 1.18 bits per heavy atom. The number of thiazole rings is 1. The molecule has 0 N–H and O–H groups in total. The van der Waals surface area contributed by atoms with Crippen molar-refractivity contribution in [3.05, 3.63) is 53.9 Å². The number of esters is 1. The van der Waals surface area contributed by atoms with Gasteiger partial charge < -0.3 is 9.47 Å². The van der Waals surface area contributed by atoms with E-state index in [4.69, 9.17) is 14.5 Å². The van der Waals surface area contributed by atoms with Gasteiger partial charge in [-0.25, -0.2) is 4.98 Å². The molecule has 2 aromatic carbocycles. The molecule has 1 atom stereocenters. The zero-order chi connectivity index (χ0) is 23.4. The standard InChI is InChI=1S/C26H28N2O4S/c1-4-22-26(30)28(15-24(29)31-13-12-17(2)3)21-14-19(10-11-23(21)32-22)20-16-33-25(27-20)18-8-6-5-7-9-18/h5-11,14,16-17,22H,4,12-13,15H2,1-3H3. The van der Waals surface area contributed by atoms with Gasteiger partial charge in [-0.15, -0.1) is 11.3 Å². The van der Waals surface area contributed by atoms with E-state index in [1.165, 1.54) is 4.90 Å². The molecule has 0 bridgehead atoms. The van der Waals surface area contributed by atoms with Crippen molar-refractivity contribution in [3.8, 4) is 27.6 Å². The molecule has 6 nitrogen and oxygen atoms in total. The second-order valence-electron chi connectivity index (χ2n) is 8.43. The van der Waals surface area contributed by atoms with E-state index in [-0.39, 0.29) is 12.5 Å². The molecule has 7 heteroatoms. The number of nitrogens with zero attached hydrogens (tertiary/aromatic N) is 2. The number of amides is 1. The number of benzene rings is 2. The van der Waals surface area contributed by atoms with E-state index >= 15 is 0 Å². The quantitative estimate of drug-likeness (QED) is 0.408. The molecule has 1 aliphatic heterocycles. The molecule has 1 amide bonds. The van der Waals surface area contributed by atoms with Crippen molar-refractivity contribution in [2.75, 3.05) is 18.1 Å². The summed E-state index contributed by atoms with van der Waals surface area (Å²) in [6.07, 6.45) is 0.691. The van der Waals surface area contributed by atoms with E-state index in [1.807, 2.05) is 60.8 Å². The highest BCUT2D eigenvalue weighted by Gasteiger charge is 2.35. The summed E-state index contributed by atoms with van der Waals surface area (Å²) < 4.78 is 11.3. The van der Waals surface area contributed by atoms with Gasteiger partial charge in [0.05, 0.1) is 18.0 Å². The topological polar surface area (TPSA) is 68.7 Å². The number of carbonyl (C=O) groups is 2. The summed E-state index contributed by atoms with van der Waals surface area (Å²) in [6, 6.07) is 15.7. The maximum Gasteiger partial charge on any atom is 0.326 e. The minimum atomic E-state index is -0.615. The van der Waals surface area contributed by atoms with Gasteiger partial charge in [0, 0.05) is 16.5 Å².